The monoisotopic (exact) mass is 382 g/mol. The van der Waals surface area contributed by atoms with Crippen molar-refractivity contribution in [1.82, 2.24) is 14.3 Å². The minimum absolute atomic E-state index is 0.0948. The van der Waals surface area contributed by atoms with E-state index in [0.717, 1.165) is 11.5 Å². The zero-order valence-corrected chi connectivity index (χ0v) is 15.2. The summed E-state index contributed by atoms with van der Waals surface area (Å²) in [4.78, 5) is 19.1. The average Bonchev–Trinajstić information content (AvgIpc) is 3.14. The number of pyridine rings is 1. The minimum atomic E-state index is -3.58. The van der Waals surface area contributed by atoms with Crippen LogP contribution >= 0.6 is 11.8 Å². The van der Waals surface area contributed by atoms with Gasteiger partial charge >= 0.3 is 0 Å². The number of carbonyl (C=O) groups excluding carboxylic acids is 1. The van der Waals surface area contributed by atoms with Gasteiger partial charge in [0.25, 0.3) is 5.91 Å². The Balaban J connectivity index is 1.72. The van der Waals surface area contributed by atoms with E-state index in [1.54, 1.807) is 23.9 Å². The van der Waals surface area contributed by atoms with Crippen molar-refractivity contribution in [3.63, 3.8) is 0 Å². The lowest BCUT2D eigenvalue weighted by Gasteiger charge is -2.24. The van der Waals surface area contributed by atoms with Crippen molar-refractivity contribution in [3.05, 3.63) is 36.3 Å². The lowest BCUT2D eigenvalue weighted by molar-refractivity contribution is 0.102. The molecule has 0 aliphatic carbocycles. The number of aromatic nitrogens is 2. The summed E-state index contributed by atoms with van der Waals surface area (Å²) in [6.07, 6.45) is 2.81. The van der Waals surface area contributed by atoms with Crippen molar-refractivity contribution in [2.75, 3.05) is 37.0 Å². The number of carbonyl (C=O) groups is 1. The molecule has 0 spiro atoms. The molecule has 1 aliphatic heterocycles. The van der Waals surface area contributed by atoms with E-state index in [1.165, 1.54) is 29.9 Å². The number of amides is 1. The van der Waals surface area contributed by atoms with Crippen LogP contribution in [0.3, 0.4) is 0 Å². The summed E-state index contributed by atoms with van der Waals surface area (Å²) in [6.45, 7) is 0.967. The summed E-state index contributed by atoms with van der Waals surface area (Å²) in [5.74, 6) is 1.55. The molecule has 0 aromatic carbocycles. The highest BCUT2D eigenvalue weighted by molar-refractivity contribution is 7.99. The number of nitrogens with one attached hydrogen (secondary N) is 2. The van der Waals surface area contributed by atoms with Gasteiger partial charge in [0.15, 0.2) is 0 Å². The lowest BCUT2D eigenvalue weighted by Crippen LogP contribution is -2.37. The van der Waals surface area contributed by atoms with E-state index in [9.17, 15) is 13.2 Å². The van der Waals surface area contributed by atoms with Crippen molar-refractivity contribution < 1.29 is 17.9 Å². The quantitative estimate of drug-likeness (QED) is 0.810. The van der Waals surface area contributed by atoms with Gasteiger partial charge in [-0.1, -0.05) is 0 Å². The summed E-state index contributed by atoms with van der Waals surface area (Å²) < 4.78 is 31.6. The molecule has 0 unspecified atom stereocenters. The highest BCUT2D eigenvalue weighted by Gasteiger charge is 2.27. The molecule has 134 valence electrons. The number of hydrogen-bond acceptors (Lipinski definition) is 6. The van der Waals surface area contributed by atoms with Crippen LogP contribution in [0.4, 0.5) is 5.69 Å². The van der Waals surface area contributed by atoms with Gasteiger partial charge in [-0.2, -0.15) is 16.1 Å². The predicted octanol–water partition coefficient (Wildman–Crippen LogP) is 1.41. The van der Waals surface area contributed by atoms with Gasteiger partial charge in [-0.15, -0.1) is 0 Å². The molecule has 1 saturated heterocycles. The maximum atomic E-state index is 12.6. The second kappa shape index (κ2) is 7.46. The van der Waals surface area contributed by atoms with E-state index in [0.29, 0.717) is 24.7 Å². The van der Waals surface area contributed by atoms with Crippen molar-refractivity contribution in [1.29, 1.82) is 0 Å². The van der Waals surface area contributed by atoms with Crippen molar-refractivity contribution in [2.45, 2.75) is 4.90 Å². The van der Waals surface area contributed by atoms with Crippen LogP contribution in [0.2, 0.25) is 0 Å². The third kappa shape index (κ3) is 3.97. The number of rotatable bonds is 5. The standard InChI is InChI=1S/C15H18N4O4S2/c1-23-14-3-2-11(9-17-14)18-15(20)13-8-12(10-16-13)25(21,22)19-4-6-24-7-5-19/h2-3,8-10,16H,4-7H2,1H3,(H,18,20). The van der Waals surface area contributed by atoms with E-state index >= 15 is 0 Å². The largest absolute Gasteiger partial charge is 0.481 e. The van der Waals surface area contributed by atoms with Crippen LogP contribution in [0.15, 0.2) is 35.5 Å². The molecule has 0 bridgehead atoms. The van der Waals surface area contributed by atoms with Gasteiger partial charge in [-0.25, -0.2) is 13.4 Å². The Hall–Kier alpha value is -2.04. The summed E-state index contributed by atoms with van der Waals surface area (Å²) in [5, 5.41) is 2.65. The fraction of sp³-hybridized carbons (Fsp3) is 0.333. The Kier molecular flexibility index (Phi) is 5.30. The van der Waals surface area contributed by atoms with Gasteiger partial charge in [0, 0.05) is 36.9 Å². The molecule has 2 N–H and O–H groups in total. The third-order valence-electron chi connectivity index (χ3n) is 3.71. The Morgan fingerprint density at radius 3 is 2.76 bits per heavy atom. The number of methoxy groups -OCH3 is 1. The van der Waals surface area contributed by atoms with Crippen LogP contribution in [0.1, 0.15) is 10.5 Å². The number of sulfonamides is 1. The number of ether oxygens (including phenoxy) is 1. The number of anilines is 1. The smallest absolute Gasteiger partial charge is 0.272 e. The second-order valence-corrected chi connectivity index (χ2v) is 8.47. The van der Waals surface area contributed by atoms with Crippen molar-refractivity contribution in [2.24, 2.45) is 0 Å². The van der Waals surface area contributed by atoms with Crippen molar-refractivity contribution >= 4 is 33.4 Å². The second-order valence-electron chi connectivity index (χ2n) is 5.31. The van der Waals surface area contributed by atoms with E-state index in [4.69, 9.17) is 4.74 Å². The highest BCUT2D eigenvalue weighted by atomic mass is 32.2. The Labute approximate surface area is 150 Å². The molecule has 0 saturated carbocycles. The van der Waals surface area contributed by atoms with Gasteiger partial charge in [0.2, 0.25) is 15.9 Å². The molecular weight excluding hydrogens is 364 g/mol. The van der Waals surface area contributed by atoms with Crippen LogP contribution in [0, 0.1) is 0 Å². The third-order valence-corrected chi connectivity index (χ3v) is 6.53. The first-order valence-electron chi connectivity index (χ1n) is 7.58. The fourth-order valence-electron chi connectivity index (χ4n) is 2.36. The number of H-pyrrole nitrogens is 1. The maximum Gasteiger partial charge on any atom is 0.272 e. The van der Waals surface area contributed by atoms with Crippen LogP contribution in [0.5, 0.6) is 5.88 Å². The normalized spacial score (nSPS) is 15.7. The molecule has 1 amide bonds. The molecule has 1 aliphatic rings. The van der Waals surface area contributed by atoms with E-state index in [-0.39, 0.29) is 10.6 Å². The minimum Gasteiger partial charge on any atom is -0.481 e. The Morgan fingerprint density at radius 1 is 1.36 bits per heavy atom. The summed E-state index contributed by atoms with van der Waals surface area (Å²) in [5.41, 5.74) is 0.652. The van der Waals surface area contributed by atoms with Gasteiger partial charge in [-0.3, -0.25) is 4.79 Å². The molecule has 3 rings (SSSR count). The molecule has 2 aromatic rings. The SMILES string of the molecule is COc1ccc(NC(=O)c2cc(S(=O)(=O)N3CCSCC3)c[nH]2)cn1. The zero-order valence-electron chi connectivity index (χ0n) is 13.6. The van der Waals surface area contributed by atoms with Gasteiger partial charge in [0.1, 0.15) is 10.6 Å². The van der Waals surface area contributed by atoms with Gasteiger partial charge < -0.3 is 15.0 Å². The first-order valence-corrected chi connectivity index (χ1v) is 10.2. The molecule has 1 fully saturated rings. The summed E-state index contributed by atoms with van der Waals surface area (Å²) in [7, 11) is -2.07. The number of thioether (sulfide) groups is 1. The molecule has 2 aromatic heterocycles. The van der Waals surface area contributed by atoms with Crippen LogP contribution in [-0.2, 0) is 10.0 Å². The first-order chi connectivity index (χ1) is 12.0. The van der Waals surface area contributed by atoms with E-state index in [2.05, 4.69) is 15.3 Å². The molecule has 3 heterocycles. The predicted molar refractivity (Wildman–Crippen MR) is 95.6 cm³/mol. The molecule has 0 radical (unpaired) electrons. The van der Waals surface area contributed by atoms with Crippen LogP contribution in [-0.4, -0.2) is 60.3 Å². The molecule has 10 heteroatoms. The fourth-order valence-corrected chi connectivity index (χ4v) is 4.93. The van der Waals surface area contributed by atoms with Crippen molar-refractivity contribution in [3.8, 4) is 5.88 Å². The maximum absolute atomic E-state index is 12.6. The first kappa shape index (κ1) is 17.8. The molecular formula is C15H18N4O4S2. The van der Waals surface area contributed by atoms with Crippen LogP contribution in [0.25, 0.3) is 0 Å². The zero-order chi connectivity index (χ0) is 17.9. The van der Waals surface area contributed by atoms with E-state index in [1.807, 2.05) is 0 Å². The Bertz CT molecular complexity index is 843. The van der Waals surface area contributed by atoms with Gasteiger partial charge in [0.05, 0.1) is 19.0 Å². The van der Waals surface area contributed by atoms with Crippen LogP contribution < -0.4 is 10.1 Å². The number of hydrogen-bond donors (Lipinski definition) is 2. The number of aromatic amines is 1. The Morgan fingerprint density at radius 2 is 2.12 bits per heavy atom. The summed E-state index contributed by atoms with van der Waals surface area (Å²) >= 11 is 1.73. The van der Waals surface area contributed by atoms with E-state index < -0.39 is 15.9 Å². The number of nitrogens with zero attached hydrogens (tertiary/aromatic N) is 2. The molecule has 25 heavy (non-hydrogen) atoms. The summed E-state index contributed by atoms with van der Waals surface area (Å²) in [6, 6.07) is 4.62. The average molecular weight is 382 g/mol. The molecule has 0 atom stereocenters. The lowest BCUT2D eigenvalue weighted by atomic mass is 10.3. The molecule has 8 nitrogen and oxygen atoms in total. The highest BCUT2D eigenvalue weighted by Crippen LogP contribution is 2.21. The topological polar surface area (TPSA) is 104 Å². The van der Waals surface area contributed by atoms with Gasteiger partial charge in [-0.05, 0) is 12.1 Å².